The van der Waals surface area contributed by atoms with Gasteiger partial charge in [-0.25, -0.2) is 0 Å². The number of nitrogens with one attached hydrogen (secondary N) is 1. The molecule has 0 saturated heterocycles. The molecule has 6 rings (SSSR count). The van der Waals surface area contributed by atoms with Crippen molar-refractivity contribution in [3.05, 3.63) is 42.5 Å². The highest BCUT2D eigenvalue weighted by Gasteiger charge is 2.57. The molecule has 4 aliphatic rings. The van der Waals surface area contributed by atoms with Gasteiger partial charge in [-0.15, -0.1) is 0 Å². The van der Waals surface area contributed by atoms with E-state index in [9.17, 15) is 5.26 Å². The molecule has 0 spiro atoms. The highest BCUT2D eigenvalue weighted by Crippen LogP contribution is 2.64. The zero-order chi connectivity index (χ0) is 16.2. The number of rotatable bonds is 3. The number of hydrogen-bond acceptors (Lipinski definition) is 2. The summed E-state index contributed by atoms with van der Waals surface area (Å²) >= 11 is 0. The first-order valence-electron chi connectivity index (χ1n) is 9.32. The first kappa shape index (κ1) is 14.3. The lowest BCUT2D eigenvalue weighted by Gasteiger charge is -2.60. The SMILES string of the molecule is N#CC12CC3CC(C1)CC(CNc1ccc4ccccc4c1)(C3)C2. The van der Waals surface area contributed by atoms with Crippen molar-refractivity contribution in [3.8, 4) is 6.07 Å². The van der Waals surface area contributed by atoms with Gasteiger partial charge in [0.2, 0.25) is 0 Å². The third-order valence-electron chi connectivity index (χ3n) is 6.84. The van der Waals surface area contributed by atoms with E-state index in [1.807, 2.05) is 0 Å². The molecule has 1 N–H and O–H groups in total. The molecule has 4 bridgehead atoms. The van der Waals surface area contributed by atoms with E-state index in [4.69, 9.17) is 0 Å². The number of anilines is 1. The summed E-state index contributed by atoms with van der Waals surface area (Å²) in [7, 11) is 0. The third-order valence-corrected chi connectivity index (χ3v) is 6.84. The summed E-state index contributed by atoms with van der Waals surface area (Å²) in [5, 5.41) is 16.1. The molecular weight excluding hydrogens is 292 g/mol. The number of benzene rings is 2. The number of hydrogen-bond donors (Lipinski definition) is 1. The molecule has 2 atom stereocenters. The minimum atomic E-state index is -0.00481. The monoisotopic (exact) mass is 316 g/mol. The smallest absolute Gasteiger partial charge is 0.0690 e. The van der Waals surface area contributed by atoms with E-state index in [1.54, 1.807) is 0 Å². The average molecular weight is 316 g/mol. The molecule has 0 amide bonds. The average Bonchev–Trinajstić information content (AvgIpc) is 2.59. The standard InChI is InChI=1S/C22H24N2/c23-14-21-9-16-7-17(10-21)12-22(11-16,13-21)15-24-20-6-5-18-3-1-2-4-19(18)8-20/h1-6,8,16-17,24H,7,9-13,15H2. The van der Waals surface area contributed by atoms with Gasteiger partial charge in [0.1, 0.15) is 0 Å². The topological polar surface area (TPSA) is 35.8 Å². The Labute approximate surface area is 143 Å². The van der Waals surface area contributed by atoms with Crippen LogP contribution in [0.1, 0.15) is 38.5 Å². The number of fused-ring (bicyclic) bond motifs is 1. The Hall–Kier alpha value is -2.01. The van der Waals surface area contributed by atoms with Crippen LogP contribution in [0.15, 0.2) is 42.5 Å². The van der Waals surface area contributed by atoms with Crippen LogP contribution in [0, 0.1) is 34.0 Å². The maximum absolute atomic E-state index is 9.78. The Kier molecular flexibility index (Phi) is 2.98. The molecular formula is C22H24N2. The molecule has 0 heterocycles. The third kappa shape index (κ3) is 2.22. The first-order valence-corrected chi connectivity index (χ1v) is 9.32. The van der Waals surface area contributed by atoms with Crippen LogP contribution in [-0.4, -0.2) is 6.54 Å². The van der Waals surface area contributed by atoms with Crippen molar-refractivity contribution in [3.63, 3.8) is 0 Å². The largest absolute Gasteiger partial charge is 0.384 e. The second kappa shape index (κ2) is 4.99. The van der Waals surface area contributed by atoms with E-state index in [0.717, 1.165) is 37.6 Å². The Morgan fingerprint density at radius 2 is 1.75 bits per heavy atom. The molecule has 2 heteroatoms. The van der Waals surface area contributed by atoms with Crippen molar-refractivity contribution in [2.45, 2.75) is 38.5 Å². The van der Waals surface area contributed by atoms with Gasteiger partial charge in [-0.05, 0) is 78.7 Å². The minimum absolute atomic E-state index is 0.00481. The van der Waals surface area contributed by atoms with Gasteiger partial charge in [0, 0.05) is 12.2 Å². The molecule has 2 aromatic carbocycles. The molecule has 4 saturated carbocycles. The lowest BCUT2D eigenvalue weighted by Crippen LogP contribution is -2.53. The van der Waals surface area contributed by atoms with Crippen LogP contribution < -0.4 is 5.32 Å². The fourth-order valence-electron chi connectivity index (χ4n) is 6.38. The maximum Gasteiger partial charge on any atom is 0.0690 e. The minimum Gasteiger partial charge on any atom is -0.384 e. The second-order valence-corrected chi connectivity index (χ2v) is 8.77. The van der Waals surface area contributed by atoms with Crippen molar-refractivity contribution in [1.82, 2.24) is 0 Å². The first-order chi connectivity index (χ1) is 11.7. The summed E-state index contributed by atoms with van der Waals surface area (Å²) in [6.45, 7) is 1.03. The highest BCUT2D eigenvalue weighted by molar-refractivity contribution is 5.85. The van der Waals surface area contributed by atoms with Crippen LogP contribution >= 0.6 is 0 Å². The van der Waals surface area contributed by atoms with Crippen molar-refractivity contribution in [2.24, 2.45) is 22.7 Å². The normalized spacial score (nSPS) is 36.6. The lowest BCUT2D eigenvalue weighted by atomic mass is 9.44. The predicted molar refractivity (Wildman–Crippen MR) is 97.6 cm³/mol. The van der Waals surface area contributed by atoms with Crippen molar-refractivity contribution < 1.29 is 0 Å². The van der Waals surface area contributed by atoms with Crippen LogP contribution in [0.5, 0.6) is 0 Å². The van der Waals surface area contributed by atoms with Gasteiger partial charge < -0.3 is 5.32 Å². The van der Waals surface area contributed by atoms with Crippen LogP contribution in [0.4, 0.5) is 5.69 Å². The van der Waals surface area contributed by atoms with Crippen molar-refractivity contribution in [2.75, 3.05) is 11.9 Å². The molecule has 2 unspecified atom stereocenters. The molecule has 4 fully saturated rings. The quantitative estimate of drug-likeness (QED) is 0.827. The van der Waals surface area contributed by atoms with E-state index < -0.39 is 0 Å². The summed E-state index contributed by atoms with van der Waals surface area (Å²) in [5.41, 5.74) is 1.57. The fraction of sp³-hybridized carbons (Fsp3) is 0.500. The van der Waals surface area contributed by atoms with Crippen LogP contribution in [0.2, 0.25) is 0 Å². The molecule has 2 nitrogen and oxygen atoms in total. The van der Waals surface area contributed by atoms with E-state index in [-0.39, 0.29) is 5.41 Å². The van der Waals surface area contributed by atoms with Gasteiger partial charge in [-0.1, -0.05) is 30.3 Å². The van der Waals surface area contributed by atoms with Gasteiger partial charge >= 0.3 is 0 Å². The van der Waals surface area contributed by atoms with Gasteiger partial charge in [-0.3, -0.25) is 0 Å². The van der Waals surface area contributed by atoms with E-state index in [0.29, 0.717) is 5.41 Å². The summed E-state index contributed by atoms with van der Waals surface area (Å²) in [6.07, 6.45) is 7.47. The van der Waals surface area contributed by atoms with Gasteiger partial charge in [-0.2, -0.15) is 5.26 Å². The fourth-order valence-corrected chi connectivity index (χ4v) is 6.38. The predicted octanol–water partition coefficient (Wildman–Crippen LogP) is 5.36. The number of nitrogens with zero attached hydrogens (tertiary/aromatic N) is 1. The summed E-state index contributed by atoms with van der Waals surface area (Å²) in [5.74, 6) is 1.59. The Morgan fingerprint density at radius 1 is 1.00 bits per heavy atom. The van der Waals surface area contributed by atoms with Crippen molar-refractivity contribution in [1.29, 1.82) is 5.26 Å². The lowest BCUT2D eigenvalue weighted by molar-refractivity contribution is -0.0766. The molecule has 24 heavy (non-hydrogen) atoms. The van der Waals surface area contributed by atoms with Gasteiger partial charge in [0.25, 0.3) is 0 Å². The molecule has 2 aromatic rings. The Bertz CT molecular complexity index is 817. The van der Waals surface area contributed by atoms with E-state index >= 15 is 0 Å². The summed E-state index contributed by atoms with van der Waals surface area (Å²) in [4.78, 5) is 0. The summed E-state index contributed by atoms with van der Waals surface area (Å²) < 4.78 is 0. The maximum atomic E-state index is 9.78. The van der Waals surface area contributed by atoms with Crippen LogP contribution in [-0.2, 0) is 0 Å². The molecule has 4 aliphatic carbocycles. The van der Waals surface area contributed by atoms with E-state index in [1.165, 1.54) is 35.7 Å². The van der Waals surface area contributed by atoms with Crippen LogP contribution in [0.3, 0.4) is 0 Å². The second-order valence-electron chi connectivity index (χ2n) is 8.77. The molecule has 0 aliphatic heterocycles. The summed E-state index contributed by atoms with van der Waals surface area (Å²) in [6, 6.07) is 17.9. The Morgan fingerprint density at radius 3 is 2.50 bits per heavy atom. The van der Waals surface area contributed by atoms with E-state index in [2.05, 4.69) is 53.9 Å². The number of nitriles is 1. The van der Waals surface area contributed by atoms with Gasteiger partial charge in [0.05, 0.1) is 11.5 Å². The molecule has 0 aromatic heterocycles. The Balaban J connectivity index is 1.38. The highest BCUT2D eigenvalue weighted by atomic mass is 14.9. The van der Waals surface area contributed by atoms with Crippen LogP contribution in [0.25, 0.3) is 10.8 Å². The zero-order valence-electron chi connectivity index (χ0n) is 14.1. The van der Waals surface area contributed by atoms with Gasteiger partial charge in [0.15, 0.2) is 0 Å². The van der Waals surface area contributed by atoms with Crippen molar-refractivity contribution >= 4 is 16.5 Å². The molecule has 0 radical (unpaired) electrons. The zero-order valence-corrected chi connectivity index (χ0v) is 14.1. The molecule has 122 valence electrons.